The van der Waals surface area contributed by atoms with Crippen molar-refractivity contribution in [3.05, 3.63) is 99.0 Å². The van der Waals surface area contributed by atoms with Gasteiger partial charge in [-0.25, -0.2) is 0 Å². The number of nitrogens with one attached hydrogen (secondary N) is 1. The van der Waals surface area contributed by atoms with E-state index in [1.54, 1.807) is 41.3 Å². The van der Waals surface area contributed by atoms with Crippen LogP contribution in [-0.4, -0.2) is 35.4 Å². The molecule has 1 N–H and O–H groups in total. The summed E-state index contributed by atoms with van der Waals surface area (Å²) in [5.74, 6) is 0.0370. The Labute approximate surface area is 239 Å². The van der Waals surface area contributed by atoms with E-state index in [4.69, 9.17) is 39.5 Å². The van der Waals surface area contributed by atoms with E-state index in [1.807, 2.05) is 36.4 Å². The average molecular weight is 574 g/mol. The number of amides is 2. The summed E-state index contributed by atoms with van der Waals surface area (Å²) < 4.78 is 5.79. The number of carbonyl (C=O) groups excluding carboxylic acids is 2. The standard InChI is InChI=1S/C30H31Cl3N2O3/c31-23-12-14-25(15-13-23)38-20-29(36)35(19-22-11-16-26(32)27(33)17-22)28(18-21-7-3-1-4-8-21)30(37)34-24-9-5-2-6-10-24/h1,3-4,7-8,11-17,24,28H,2,5-6,9-10,18-20H2,(H,34,37)/t28-/m1/s1. The maximum atomic E-state index is 13.8. The highest BCUT2D eigenvalue weighted by molar-refractivity contribution is 6.42. The normalized spacial score (nSPS) is 14.5. The Morgan fingerprint density at radius 3 is 2.26 bits per heavy atom. The second kappa shape index (κ2) is 13.9. The van der Waals surface area contributed by atoms with Crippen molar-refractivity contribution in [1.29, 1.82) is 0 Å². The van der Waals surface area contributed by atoms with Crippen LogP contribution in [0.3, 0.4) is 0 Å². The van der Waals surface area contributed by atoms with Gasteiger partial charge in [0.1, 0.15) is 11.8 Å². The molecule has 0 aromatic heterocycles. The molecule has 3 aromatic rings. The van der Waals surface area contributed by atoms with Crippen molar-refractivity contribution in [1.82, 2.24) is 10.2 Å². The van der Waals surface area contributed by atoms with Gasteiger partial charge in [-0.05, 0) is 60.4 Å². The van der Waals surface area contributed by atoms with E-state index in [0.717, 1.165) is 36.8 Å². The molecular weight excluding hydrogens is 543 g/mol. The number of benzene rings is 3. The molecule has 5 nitrogen and oxygen atoms in total. The summed E-state index contributed by atoms with van der Waals surface area (Å²) in [6.45, 7) is -0.0553. The van der Waals surface area contributed by atoms with Gasteiger partial charge < -0.3 is 15.0 Å². The molecule has 0 heterocycles. The van der Waals surface area contributed by atoms with Gasteiger partial charge >= 0.3 is 0 Å². The Hall–Kier alpha value is -2.73. The van der Waals surface area contributed by atoms with E-state index < -0.39 is 6.04 Å². The molecule has 0 radical (unpaired) electrons. The molecule has 0 spiro atoms. The lowest BCUT2D eigenvalue weighted by molar-refractivity contribution is -0.143. The number of rotatable bonds is 10. The molecular formula is C30H31Cl3N2O3. The smallest absolute Gasteiger partial charge is 0.261 e. The van der Waals surface area contributed by atoms with Crippen LogP contribution >= 0.6 is 34.8 Å². The quantitative estimate of drug-likeness (QED) is 0.281. The molecule has 8 heteroatoms. The van der Waals surface area contributed by atoms with Crippen molar-refractivity contribution in [2.75, 3.05) is 6.61 Å². The lowest BCUT2D eigenvalue weighted by atomic mass is 9.94. The number of nitrogens with zero attached hydrogens (tertiary/aromatic N) is 1. The van der Waals surface area contributed by atoms with E-state index in [-0.39, 0.29) is 31.0 Å². The van der Waals surface area contributed by atoms with Crippen molar-refractivity contribution in [2.24, 2.45) is 0 Å². The first-order valence-corrected chi connectivity index (χ1v) is 14.0. The maximum Gasteiger partial charge on any atom is 0.261 e. The highest BCUT2D eigenvalue weighted by atomic mass is 35.5. The molecule has 1 fully saturated rings. The number of hydrogen-bond donors (Lipinski definition) is 1. The van der Waals surface area contributed by atoms with Crippen LogP contribution in [0.1, 0.15) is 43.2 Å². The molecule has 1 aliphatic carbocycles. The average Bonchev–Trinajstić information content (AvgIpc) is 2.93. The van der Waals surface area contributed by atoms with Gasteiger partial charge in [0.15, 0.2) is 6.61 Å². The topological polar surface area (TPSA) is 58.6 Å². The minimum absolute atomic E-state index is 0.113. The van der Waals surface area contributed by atoms with Crippen molar-refractivity contribution in [3.8, 4) is 5.75 Å². The van der Waals surface area contributed by atoms with Crippen LogP contribution < -0.4 is 10.1 Å². The number of halogens is 3. The zero-order valence-electron chi connectivity index (χ0n) is 21.0. The summed E-state index contributed by atoms with van der Waals surface area (Å²) in [6.07, 6.45) is 5.63. The first-order chi connectivity index (χ1) is 18.4. The fraction of sp³-hybridized carbons (Fsp3) is 0.333. The molecule has 1 saturated carbocycles. The van der Waals surface area contributed by atoms with Gasteiger partial charge in [0, 0.05) is 24.0 Å². The molecule has 200 valence electrons. The Morgan fingerprint density at radius 1 is 0.868 bits per heavy atom. The van der Waals surface area contributed by atoms with E-state index in [9.17, 15) is 9.59 Å². The number of carbonyl (C=O) groups is 2. The second-order valence-electron chi connectivity index (χ2n) is 9.56. The number of ether oxygens (including phenoxy) is 1. The van der Waals surface area contributed by atoms with Crippen LogP contribution in [-0.2, 0) is 22.6 Å². The molecule has 38 heavy (non-hydrogen) atoms. The van der Waals surface area contributed by atoms with Gasteiger partial charge in [-0.1, -0.05) is 90.5 Å². The Kier molecular flexibility index (Phi) is 10.3. The van der Waals surface area contributed by atoms with Gasteiger partial charge in [-0.15, -0.1) is 0 Å². The molecule has 0 bridgehead atoms. The molecule has 1 aliphatic rings. The predicted molar refractivity (Wildman–Crippen MR) is 153 cm³/mol. The molecule has 4 rings (SSSR count). The van der Waals surface area contributed by atoms with Crippen LogP contribution in [0.2, 0.25) is 15.1 Å². The van der Waals surface area contributed by atoms with Gasteiger partial charge in [0.05, 0.1) is 10.0 Å². The van der Waals surface area contributed by atoms with Crippen LogP contribution in [0.15, 0.2) is 72.8 Å². The third-order valence-corrected chi connectivity index (χ3v) is 7.73. The van der Waals surface area contributed by atoms with Crippen molar-refractivity contribution in [2.45, 2.75) is 57.2 Å². The molecule has 0 unspecified atom stereocenters. The predicted octanol–water partition coefficient (Wildman–Crippen LogP) is 7.11. The van der Waals surface area contributed by atoms with Gasteiger partial charge in [0.25, 0.3) is 5.91 Å². The van der Waals surface area contributed by atoms with Gasteiger partial charge in [0.2, 0.25) is 5.91 Å². The van der Waals surface area contributed by atoms with E-state index in [2.05, 4.69) is 5.32 Å². The third kappa shape index (κ3) is 8.13. The molecule has 0 saturated heterocycles. The molecule has 2 amide bonds. The monoisotopic (exact) mass is 572 g/mol. The molecule has 1 atom stereocenters. The fourth-order valence-corrected chi connectivity index (χ4v) is 5.14. The summed E-state index contributed by atoms with van der Waals surface area (Å²) in [7, 11) is 0. The van der Waals surface area contributed by atoms with Crippen molar-refractivity contribution < 1.29 is 14.3 Å². The van der Waals surface area contributed by atoms with E-state index in [1.165, 1.54) is 6.42 Å². The molecule has 0 aliphatic heterocycles. The minimum Gasteiger partial charge on any atom is -0.484 e. The number of hydrogen-bond acceptors (Lipinski definition) is 3. The highest BCUT2D eigenvalue weighted by Gasteiger charge is 2.32. The van der Waals surface area contributed by atoms with Gasteiger partial charge in [-0.2, -0.15) is 0 Å². The second-order valence-corrected chi connectivity index (χ2v) is 10.8. The van der Waals surface area contributed by atoms with Crippen LogP contribution in [0.25, 0.3) is 0 Å². The van der Waals surface area contributed by atoms with Crippen LogP contribution in [0.4, 0.5) is 0 Å². The van der Waals surface area contributed by atoms with Crippen LogP contribution in [0, 0.1) is 0 Å². The Balaban J connectivity index is 1.62. The van der Waals surface area contributed by atoms with E-state index >= 15 is 0 Å². The minimum atomic E-state index is -0.741. The maximum absolute atomic E-state index is 13.8. The lowest BCUT2D eigenvalue weighted by Gasteiger charge is -2.33. The fourth-order valence-electron chi connectivity index (χ4n) is 4.69. The first-order valence-electron chi connectivity index (χ1n) is 12.8. The van der Waals surface area contributed by atoms with Crippen LogP contribution in [0.5, 0.6) is 5.75 Å². The van der Waals surface area contributed by atoms with Gasteiger partial charge in [-0.3, -0.25) is 9.59 Å². The lowest BCUT2D eigenvalue weighted by Crippen LogP contribution is -2.53. The summed E-state index contributed by atoms with van der Waals surface area (Å²) in [5.41, 5.74) is 1.73. The summed E-state index contributed by atoms with van der Waals surface area (Å²) in [6, 6.07) is 21.1. The summed E-state index contributed by atoms with van der Waals surface area (Å²) in [5, 5.41) is 4.62. The summed E-state index contributed by atoms with van der Waals surface area (Å²) in [4.78, 5) is 29.1. The first kappa shape index (κ1) is 28.3. The van der Waals surface area contributed by atoms with Crippen molar-refractivity contribution in [3.63, 3.8) is 0 Å². The molecule has 3 aromatic carbocycles. The zero-order valence-corrected chi connectivity index (χ0v) is 23.3. The highest BCUT2D eigenvalue weighted by Crippen LogP contribution is 2.25. The Bertz CT molecular complexity index is 1220. The third-order valence-electron chi connectivity index (χ3n) is 6.74. The van der Waals surface area contributed by atoms with Crippen molar-refractivity contribution >= 4 is 46.6 Å². The van der Waals surface area contributed by atoms with E-state index in [0.29, 0.717) is 27.2 Å². The largest absolute Gasteiger partial charge is 0.484 e. The summed E-state index contributed by atoms with van der Waals surface area (Å²) >= 11 is 18.4. The zero-order chi connectivity index (χ0) is 26.9. The Morgan fingerprint density at radius 2 is 1.58 bits per heavy atom. The SMILES string of the molecule is O=C(NC1CCCCC1)[C@@H](Cc1ccccc1)N(Cc1ccc(Cl)c(Cl)c1)C(=O)COc1ccc(Cl)cc1.